The summed E-state index contributed by atoms with van der Waals surface area (Å²) in [5, 5.41) is 5.44. The van der Waals surface area contributed by atoms with E-state index >= 15 is 0 Å². The predicted octanol–water partition coefficient (Wildman–Crippen LogP) is 5.22. The van der Waals surface area contributed by atoms with Gasteiger partial charge in [0.1, 0.15) is 17.2 Å². The van der Waals surface area contributed by atoms with Crippen molar-refractivity contribution in [3.8, 4) is 16.9 Å². The van der Waals surface area contributed by atoms with Crippen LogP contribution in [0.4, 0.5) is 4.39 Å². The minimum absolute atomic E-state index is 0.0772. The summed E-state index contributed by atoms with van der Waals surface area (Å²) >= 11 is 6.30. The molecular weight excluding hydrogens is 379 g/mol. The van der Waals surface area contributed by atoms with Crippen LogP contribution in [0.15, 0.2) is 36.8 Å². The summed E-state index contributed by atoms with van der Waals surface area (Å²) in [6.45, 7) is 3.95. The first-order valence-electron chi connectivity index (χ1n) is 8.90. The van der Waals surface area contributed by atoms with Crippen LogP contribution in [-0.2, 0) is 7.05 Å². The Morgan fingerprint density at radius 2 is 2.11 bits per heavy atom. The monoisotopic (exact) mass is 398 g/mol. The zero-order valence-corrected chi connectivity index (χ0v) is 16.8. The number of ether oxygens (including phenoxy) is 1. The Kier molecular flexibility index (Phi) is 4.59. The van der Waals surface area contributed by atoms with Gasteiger partial charge in [-0.25, -0.2) is 9.37 Å². The number of halogens is 2. The van der Waals surface area contributed by atoms with Gasteiger partial charge in [-0.05, 0) is 30.7 Å². The number of rotatable bonds is 4. The van der Waals surface area contributed by atoms with Crippen molar-refractivity contribution < 1.29 is 9.13 Å². The number of methoxy groups -OCH3 is 1. The summed E-state index contributed by atoms with van der Waals surface area (Å²) in [7, 11) is 3.45. The van der Waals surface area contributed by atoms with Crippen molar-refractivity contribution in [1.29, 1.82) is 0 Å². The number of pyridine rings is 1. The molecule has 0 radical (unpaired) electrons. The van der Waals surface area contributed by atoms with Crippen LogP contribution in [0.3, 0.4) is 0 Å². The number of aryl methyl sites for hydroxylation is 2. The van der Waals surface area contributed by atoms with Crippen molar-refractivity contribution >= 4 is 22.6 Å². The van der Waals surface area contributed by atoms with Crippen LogP contribution in [-0.4, -0.2) is 26.9 Å². The van der Waals surface area contributed by atoms with Crippen molar-refractivity contribution in [2.75, 3.05) is 7.11 Å². The van der Waals surface area contributed by atoms with Gasteiger partial charge in [-0.15, -0.1) is 0 Å². The minimum atomic E-state index is -0.464. The van der Waals surface area contributed by atoms with E-state index < -0.39 is 5.82 Å². The number of aromatic amines is 1. The summed E-state index contributed by atoms with van der Waals surface area (Å²) in [6.07, 6.45) is 5.69. The zero-order valence-electron chi connectivity index (χ0n) is 16.0. The third-order valence-corrected chi connectivity index (χ3v) is 5.48. The Balaban J connectivity index is 1.87. The van der Waals surface area contributed by atoms with E-state index in [1.807, 2.05) is 39.5 Å². The SMILES string of the molecule is COc1ccc(F)c(Cl)c1C(C)c1c[nH]c2ncc(-c3cn(C)nc3C)cc12. The van der Waals surface area contributed by atoms with Crippen molar-refractivity contribution in [1.82, 2.24) is 19.7 Å². The number of hydrogen-bond donors (Lipinski definition) is 1. The van der Waals surface area contributed by atoms with E-state index in [9.17, 15) is 4.39 Å². The third-order valence-electron chi connectivity index (χ3n) is 5.10. The molecule has 0 aliphatic carbocycles. The fourth-order valence-electron chi connectivity index (χ4n) is 3.70. The molecule has 0 fully saturated rings. The van der Waals surface area contributed by atoms with E-state index in [1.54, 1.807) is 17.9 Å². The summed E-state index contributed by atoms with van der Waals surface area (Å²) < 4.78 is 21.3. The van der Waals surface area contributed by atoms with Crippen molar-refractivity contribution in [3.63, 3.8) is 0 Å². The lowest BCUT2D eigenvalue weighted by Gasteiger charge is -2.17. The Morgan fingerprint density at radius 1 is 1.32 bits per heavy atom. The second-order valence-corrected chi connectivity index (χ2v) is 7.24. The molecule has 1 unspecified atom stereocenters. The zero-order chi connectivity index (χ0) is 20.0. The predicted molar refractivity (Wildman–Crippen MR) is 109 cm³/mol. The highest BCUT2D eigenvalue weighted by Gasteiger charge is 2.23. The molecule has 0 aliphatic heterocycles. The molecule has 4 aromatic rings. The lowest BCUT2D eigenvalue weighted by molar-refractivity contribution is 0.407. The molecule has 144 valence electrons. The number of benzene rings is 1. The molecule has 0 bridgehead atoms. The van der Waals surface area contributed by atoms with Gasteiger partial charge in [-0.1, -0.05) is 18.5 Å². The smallest absolute Gasteiger partial charge is 0.142 e. The van der Waals surface area contributed by atoms with Crippen LogP contribution in [0, 0.1) is 12.7 Å². The number of H-pyrrole nitrogens is 1. The van der Waals surface area contributed by atoms with Crippen molar-refractivity contribution in [2.24, 2.45) is 7.05 Å². The normalized spacial score (nSPS) is 12.5. The Bertz CT molecular complexity index is 1180. The van der Waals surface area contributed by atoms with Gasteiger partial charge < -0.3 is 9.72 Å². The van der Waals surface area contributed by atoms with E-state index in [0.29, 0.717) is 11.3 Å². The first kappa shape index (κ1) is 18.5. The Hall–Kier alpha value is -2.86. The van der Waals surface area contributed by atoms with Crippen molar-refractivity contribution in [3.05, 3.63) is 64.5 Å². The molecule has 0 aliphatic rings. The fourth-order valence-corrected chi connectivity index (χ4v) is 4.02. The third kappa shape index (κ3) is 2.94. The maximum atomic E-state index is 14.1. The fraction of sp³-hybridized carbons (Fsp3) is 0.238. The molecule has 7 heteroatoms. The first-order valence-corrected chi connectivity index (χ1v) is 9.28. The molecule has 1 aromatic carbocycles. The highest BCUT2D eigenvalue weighted by molar-refractivity contribution is 6.31. The molecule has 0 amide bonds. The Morgan fingerprint density at radius 3 is 2.79 bits per heavy atom. The molecular formula is C21H20ClFN4O. The van der Waals surface area contributed by atoms with Gasteiger partial charge in [0.25, 0.3) is 0 Å². The van der Waals surface area contributed by atoms with Crippen LogP contribution < -0.4 is 4.74 Å². The molecule has 1 atom stereocenters. The highest BCUT2D eigenvalue weighted by Crippen LogP contribution is 2.40. The summed E-state index contributed by atoms with van der Waals surface area (Å²) in [4.78, 5) is 7.76. The highest BCUT2D eigenvalue weighted by atomic mass is 35.5. The summed E-state index contributed by atoms with van der Waals surface area (Å²) in [5.41, 5.74) is 5.29. The maximum absolute atomic E-state index is 14.1. The van der Waals surface area contributed by atoms with Crippen LogP contribution in [0.25, 0.3) is 22.2 Å². The van der Waals surface area contributed by atoms with E-state index in [1.165, 1.54) is 6.07 Å². The van der Waals surface area contributed by atoms with Crippen LogP contribution in [0.1, 0.15) is 29.7 Å². The van der Waals surface area contributed by atoms with E-state index in [-0.39, 0.29) is 10.9 Å². The Labute approximate surface area is 167 Å². The molecule has 0 saturated carbocycles. The second-order valence-electron chi connectivity index (χ2n) is 6.87. The number of aromatic nitrogens is 4. The van der Waals surface area contributed by atoms with Gasteiger partial charge in [0.05, 0.1) is 17.8 Å². The van der Waals surface area contributed by atoms with Crippen molar-refractivity contribution in [2.45, 2.75) is 19.8 Å². The lowest BCUT2D eigenvalue weighted by Crippen LogP contribution is -2.02. The van der Waals surface area contributed by atoms with Gasteiger partial charge in [0.2, 0.25) is 0 Å². The average molecular weight is 399 g/mol. The summed E-state index contributed by atoms with van der Waals surface area (Å²) in [6, 6.07) is 5.00. The standard InChI is InChI=1S/C21H20ClFN4O/c1-11(19-18(28-4)6-5-17(23)20(19)22)15-9-25-21-14(15)7-13(8-24-21)16-10-27(3)26-12(16)2/h5-11H,1-4H3,(H,24,25). The van der Waals surface area contributed by atoms with Gasteiger partial charge in [-0.2, -0.15) is 5.10 Å². The maximum Gasteiger partial charge on any atom is 0.142 e. The van der Waals surface area contributed by atoms with E-state index in [0.717, 1.165) is 33.4 Å². The topological polar surface area (TPSA) is 55.7 Å². The largest absolute Gasteiger partial charge is 0.496 e. The molecule has 0 spiro atoms. The molecule has 3 aromatic heterocycles. The number of hydrogen-bond acceptors (Lipinski definition) is 3. The quantitative estimate of drug-likeness (QED) is 0.512. The molecule has 0 saturated heterocycles. The van der Waals surface area contributed by atoms with Gasteiger partial charge in [-0.3, -0.25) is 4.68 Å². The molecule has 1 N–H and O–H groups in total. The van der Waals surface area contributed by atoms with Crippen LogP contribution in [0.5, 0.6) is 5.75 Å². The van der Waals surface area contributed by atoms with Crippen LogP contribution in [0.2, 0.25) is 5.02 Å². The van der Waals surface area contributed by atoms with E-state index in [2.05, 4.69) is 21.1 Å². The van der Waals surface area contributed by atoms with Gasteiger partial charge in [0.15, 0.2) is 0 Å². The van der Waals surface area contributed by atoms with Gasteiger partial charge in [0, 0.05) is 53.6 Å². The molecule has 3 heterocycles. The lowest BCUT2D eigenvalue weighted by atomic mass is 9.91. The number of nitrogens with one attached hydrogen (secondary N) is 1. The average Bonchev–Trinajstić information content (AvgIpc) is 3.25. The molecule has 4 rings (SSSR count). The molecule has 5 nitrogen and oxygen atoms in total. The van der Waals surface area contributed by atoms with Gasteiger partial charge >= 0.3 is 0 Å². The number of fused-ring (bicyclic) bond motifs is 1. The summed E-state index contributed by atoms with van der Waals surface area (Å²) in [5.74, 6) is -0.103. The number of nitrogens with zero attached hydrogens (tertiary/aromatic N) is 3. The van der Waals surface area contributed by atoms with E-state index in [4.69, 9.17) is 16.3 Å². The van der Waals surface area contributed by atoms with Crippen LogP contribution >= 0.6 is 11.6 Å². The second kappa shape index (κ2) is 6.95. The minimum Gasteiger partial charge on any atom is -0.496 e. The molecule has 28 heavy (non-hydrogen) atoms. The first-order chi connectivity index (χ1) is 13.4.